The summed E-state index contributed by atoms with van der Waals surface area (Å²) in [5, 5.41) is 6.37. The predicted molar refractivity (Wildman–Crippen MR) is 144 cm³/mol. The van der Waals surface area contributed by atoms with Crippen LogP contribution in [-0.2, 0) is 22.6 Å². The second-order valence-electron chi connectivity index (χ2n) is 9.29. The van der Waals surface area contributed by atoms with Crippen LogP contribution in [0, 0.1) is 6.92 Å². The lowest BCUT2D eigenvalue weighted by Crippen LogP contribution is -2.47. The first-order chi connectivity index (χ1) is 18.4. The number of amides is 3. The summed E-state index contributed by atoms with van der Waals surface area (Å²) in [7, 11) is 0. The number of benzene rings is 2. The normalized spacial score (nSPS) is 17.3. The molecule has 2 aromatic carbocycles. The molecule has 0 spiro atoms. The minimum absolute atomic E-state index is 0.0730. The molecule has 200 valence electrons. The van der Waals surface area contributed by atoms with Crippen molar-refractivity contribution in [1.82, 2.24) is 25.1 Å². The molecule has 0 saturated carbocycles. The third-order valence-electron chi connectivity index (χ3n) is 6.37. The number of nitrogens with zero attached hydrogens (tertiary/aromatic N) is 3. The molecule has 0 bridgehead atoms. The van der Waals surface area contributed by atoms with Gasteiger partial charge in [0, 0.05) is 30.5 Å². The number of hydrogen-bond acceptors (Lipinski definition) is 5. The van der Waals surface area contributed by atoms with E-state index in [1.54, 1.807) is 40.1 Å². The van der Waals surface area contributed by atoms with Crippen molar-refractivity contribution in [3.05, 3.63) is 82.9 Å². The lowest BCUT2D eigenvalue weighted by atomic mass is 10.1. The van der Waals surface area contributed by atoms with E-state index in [0.717, 1.165) is 11.4 Å². The van der Waals surface area contributed by atoms with E-state index in [2.05, 4.69) is 15.6 Å². The highest BCUT2D eigenvalue weighted by molar-refractivity contribution is 6.31. The Morgan fingerprint density at radius 2 is 1.97 bits per heavy atom. The Bertz CT molecular complexity index is 1260. The smallest absolute Gasteiger partial charge is 0.255 e. The average Bonchev–Trinajstić information content (AvgIpc) is 3.30. The minimum Gasteiger partial charge on any atom is -0.491 e. The zero-order chi connectivity index (χ0) is 26.9. The number of fused-ring (bicyclic) bond motifs is 1. The van der Waals surface area contributed by atoms with Crippen LogP contribution in [-0.4, -0.2) is 64.5 Å². The number of aryl methyl sites for hydroxylation is 1. The fourth-order valence-electron chi connectivity index (χ4n) is 4.33. The standard InChI is InChI=1S/C28H32ClN5O4/c1-20-30-12-14-33(20)18-27(36)34-13-6-5-11-31-28(37)24-16-22(29)9-10-25(24)38-19-23(32-26(35)17-34)15-21-7-3-2-4-8-21/h2-4,7-10,12,14,16,23H,5-6,11,13,15,17-19H2,1H3,(H,31,37)(H,32,35)/t23-/m1/s1. The fraction of sp³-hybridized carbons (Fsp3) is 0.357. The number of halogens is 1. The first-order valence-electron chi connectivity index (χ1n) is 12.7. The zero-order valence-corrected chi connectivity index (χ0v) is 22.1. The Hall–Kier alpha value is -3.85. The van der Waals surface area contributed by atoms with Gasteiger partial charge >= 0.3 is 0 Å². The number of rotatable bonds is 4. The lowest BCUT2D eigenvalue weighted by Gasteiger charge is -2.25. The summed E-state index contributed by atoms with van der Waals surface area (Å²) >= 11 is 6.16. The second kappa shape index (κ2) is 13.1. The molecule has 9 nitrogen and oxygen atoms in total. The Balaban J connectivity index is 1.55. The molecule has 38 heavy (non-hydrogen) atoms. The van der Waals surface area contributed by atoms with Crippen molar-refractivity contribution in [1.29, 1.82) is 0 Å². The van der Waals surface area contributed by atoms with Crippen LogP contribution < -0.4 is 15.4 Å². The molecule has 3 amide bonds. The quantitative estimate of drug-likeness (QED) is 0.532. The van der Waals surface area contributed by atoms with Gasteiger partial charge in [0.2, 0.25) is 11.8 Å². The van der Waals surface area contributed by atoms with Crippen molar-refractivity contribution in [3.63, 3.8) is 0 Å². The molecule has 0 radical (unpaired) electrons. The highest BCUT2D eigenvalue weighted by Crippen LogP contribution is 2.23. The van der Waals surface area contributed by atoms with Gasteiger partial charge in [-0.25, -0.2) is 4.98 Å². The van der Waals surface area contributed by atoms with E-state index in [-0.39, 0.29) is 37.4 Å². The van der Waals surface area contributed by atoms with E-state index in [1.165, 1.54) is 0 Å². The molecule has 2 N–H and O–H groups in total. The largest absolute Gasteiger partial charge is 0.491 e. The summed E-state index contributed by atoms with van der Waals surface area (Å²) < 4.78 is 7.81. The monoisotopic (exact) mass is 537 g/mol. The van der Waals surface area contributed by atoms with Gasteiger partial charge in [-0.05, 0) is 49.9 Å². The number of imidazole rings is 1. The maximum Gasteiger partial charge on any atom is 0.255 e. The molecule has 1 aliphatic heterocycles. The number of carbonyl (C=O) groups excluding carboxylic acids is 3. The first kappa shape index (κ1) is 27.2. The minimum atomic E-state index is -0.394. The van der Waals surface area contributed by atoms with Crippen LogP contribution in [0.15, 0.2) is 60.9 Å². The number of aromatic nitrogens is 2. The number of ether oxygens (including phenoxy) is 1. The van der Waals surface area contributed by atoms with Gasteiger partial charge in [-0.3, -0.25) is 14.4 Å². The molecule has 1 aliphatic rings. The van der Waals surface area contributed by atoms with Crippen LogP contribution in [0.5, 0.6) is 5.75 Å². The van der Waals surface area contributed by atoms with Gasteiger partial charge in [0.1, 0.15) is 24.7 Å². The van der Waals surface area contributed by atoms with Crippen LogP contribution >= 0.6 is 11.6 Å². The van der Waals surface area contributed by atoms with Crippen LogP contribution in [0.25, 0.3) is 0 Å². The molecule has 1 aromatic heterocycles. The van der Waals surface area contributed by atoms with E-state index in [0.29, 0.717) is 48.7 Å². The Labute approximate surface area is 227 Å². The Morgan fingerprint density at radius 3 is 2.74 bits per heavy atom. The topological polar surface area (TPSA) is 106 Å². The van der Waals surface area contributed by atoms with Crippen molar-refractivity contribution >= 4 is 29.3 Å². The van der Waals surface area contributed by atoms with Crippen molar-refractivity contribution in [3.8, 4) is 5.75 Å². The molecule has 0 unspecified atom stereocenters. The van der Waals surface area contributed by atoms with Gasteiger partial charge < -0.3 is 24.8 Å². The molecule has 4 rings (SSSR count). The fourth-order valence-corrected chi connectivity index (χ4v) is 4.50. The maximum absolute atomic E-state index is 13.2. The Kier molecular flexibility index (Phi) is 9.37. The summed E-state index contributed by atoms with van der Waals surface area (Å²) in [5.74, 6) is 0.382. The van der Waals surface area contributed by atoms with E-state index in [1.807, 2.05) is 37.3 Å². The summed E-state index contributed by atoms with van der Waals surface area (Å²) in [5.41, 5.74) is 1.36. The summed E-state index contributed by atoms with van der Waals surface area (Å²) in [6, 6.07) is 14.3. The predicted octanol–water partition coefficient (Wildman–Crippen LogP) is 3.00. The zero-order valence-electron chi connectivity index (χ0n) is 21.4. The molecule has 2 heterocycles. The van der Waals surface area contributed by atoms with Gasteiger partial charge in [0.25, 0.3) is 5.91 Å². The second-order valence-corrected chi connectivity index (χ2v) is 9.72. The van der Waals surface area contributed by atoms with Crippen molar-refractivity contribution in [2.45, 2.75) is 38.8 Å². The van der Waals surface area contributed by atoms with E-state index in [9.17, 15) is 14.4 Å². The third-order valence-corrected chi connectivity index (χ3v) is 6.61. The molecule has 3 aromatic rings. The van der Waals surface area contributed by atoms with Gasteiger partial charge in [-0.15, -0.1) is 0 Å². The molecular weight excluding hydrogens is 506 g/mol. The summed E-state index contributed by atoms with van der Waals surface area (Å²) in [6.07, 6.45) is 5.16. The molecule has 0 aliphatic carbocycles. The molecular formula is C28H32ClN5O4. The summed E-state index contributed by atoms with van der Waals surface area (Å²) in [4.78, 5) is 45.0. The van der Waals surface area contributed by atoms with E-state index < -0.39 is 6.04 Å². The van der Waals surface area contributed by atoms with Crippen LogP contribution in [0.1, 0.15) is 34.6 Å². The number of hydrogen-bond donors (Lipinski definition) is 2. The SMILES string of the molecule is Cc1nccn1CC(=O)N1CCCCNC(=O)c2cc(Cl)ccc2OC[C@@H](Cc2ccccc2)NC(=O)C1. The highest BCUT2D eigenvalue weighted by Gasteiger charge is 2.22. The lowest BCUT2D eigenvalue weighted by molar-refractivity contribution is -0.137. The molecule has 10 heteroatoms. The molecule has 0 saturated heterocycles. The maximum atomic E-state index is 13.2. The van der Waals surface area contributed by atoms with Gasteiger partial charge in [-0.2, -0.15) is 0 Å². The van der Waals surface area contributed by atoms with Crippen LogP contribution in [0.2, 0.25) is 5.02 Å². The van der Waals surface area contributed by atoms with Crippen LogP contribution in [0.3, 0.4) is 0 Å². The van der Waals surface area contributed by atoms with Crippen LogP contribution in [0.4, 0.5) is 0 Å². The summed E-state index contributed by atoms with van der Waals surface area (Å²) in [6.45, 7) is 2.78. The average molecular weight is 538 g/mol. The van der Waals surface area contributed by atoms with Crippen molar-refractivity contribution in [2.24, 2.45) is 0 Å². The van der Waals surface area contributed by atoms with Gasteiger partial charge in [-0.1, -0.05) is 41.9 Å². The third kappa shape index (κ3) is 7.58. The van der Waals surface area contributed by atoms with Gasteiger partial charge in [0.05, 0.1) is 18.2 Å². The first-order valence-corrected chi connectivity index (χ1v) is 13.1. The molecule has 1 atom stereocenters. The van der Waals surface area contributed by atoms with Gasteiger partial charge in [0.15, 0.2) is 0 Å². The highest BCUT2D eigenvalue weighted by atomic mass is 35.5. The van der Waals surface area contributed by atoms with E-state index >= 15 is 0 Å². The van der Waals surface area contributed by atoms with Crippen molar-refractivity contribution in [2.75, 3.05) is 26.2 Å². The van der Waals surface area contributed by atoms with E-state index in [4.69, 9.17) is 16.3 Å². The van der Waals surface area contributed by atoms with Crippen molar-refractivity contribution < 1.29 is 19.1 Å². The number of carbonyl (C=O) groups is 3. The number of nitrogens with one attached hydrogen (secondary N) is 2. The molecule has 0 fully saturated rings. The Morgan fingerprint density at radius 1 is 1.16 bits per heavy atom.